The van der Waals surface area contributed by atoms with Crippen molar-refractivity contribution in [3.05, 3.63) is 48.0 Å². The Bertz CT molecular complexity index is 564. The largest absolute Gasteiger partial charge is 0.379 e. The van der Waals surface area contributed by atoms with Crippen LogP contribution in [0.25, 0.3) is 0 Å². The van der Waals surface area contributed by atoms with E-state index in [2.05, 4.69) is 29.6 Å². The molecule has 1 atom stereocenters. The zero-order valence-corrected chi connectivity index (χ0v) is 14.3. The van der Waals surface area contributed by atoms with E-state index in [0.717, 1.165) is 45.2 Å². The minimum atomic E-state index is -1.23. The van der Waals surface area contributed by atoms with Crippen molar-refractivity contribution < 1.29 is 9.90 Å². The van der Waals surface area contributed by atoms with Gasteiger partial charge in [-0.15, -0.1) is 0 Å². The van der Waals surface area contributed by atoms with Crippen LogP contribution in [0, 0.1) is 0 Å². The van der Waals surface area contributed by atoms with Gasteiger partial charge in [0.1, 0.15) is 0 Å². The molecular formula is C20H28N2O2. The Labute approximate surface area is 144 Å². The molecule has 1 fully saturated rings. The Morgan fingerprint density at radius 1 is 1.21 bits per heavy atom. The summed E-state index contributed by atoms with van der Waals surface area (Å²) in [6.07, 6.45) is 9.63. The topological polar surface area (TPSA) is 52.6 Å². The van der Waals surface area contributed by atoms with E-state index in [1.54, 1.807) is 0 Å². The van der Waals surface area contributed by atoms with E-state index in [-0.39, 0.29) is 5.91 Å². The predicted octanol–water partition coefficient (Wildman–Crippen LogP) is 2.28. The summed E-state index contributed by atoms with van der Waals surface area (Å²) in [5, 5.41) is 14.2. The highest BCUT2D eigenvalue weighted by Gasteiger charge is 2.41. The van der Waals surface area contributed by atoms with Crippen LogP contribution in [0.15, 0.2) is 42.5 Å². The highest BCUT2D eigenvalue weighted by Crippen LogP contribution is 2.23. The molecule has 0 saturated carbocycles. The average molecular weight is 328 g/mol. The third kappa shape index (κ3) is 4.25. The van der Waals surface area contributed by atoms with Gasteiger partial charge in [-0.25, -0.2) is 0 Å². The van der Waals surface area contributed by atoms with E-state index in [9.17, 15) is 9.90 Å². The number of amides is 1. The van der Waals surface area contributed by atoms with Crippen molar-refractivity contribution in [2.24, 2.45) is 0 Å². The molecule has 1 aliphatic carbocycles. The molecule has 1 unspecified atom stereocenters. The van der Waals surface area contributed by atoms with Crippen LogP contribution in [0.4, 0.5) is 0 Å². The second kappa shape index (κ2) is 7.95. The first-order chi connectivity index (χ1) is 11.7. The minimum absolute atomic E-state index is 0.0970. The third-order valence-corrected chi connectivity index (χ3v) is 5.13. The molecule has 1 amide bonds. The summed E-state index contributed by atoms with van der Waals surface area (Å²) >= 11 is 0. The summed E-state index contributed by atoms with van der Waals surface area (Å²) in [4.78, 5) is 14.6. The van der Waals surface area contributed by atoms with Crippen LogP contribution in [-0.4, -0.2) is 47.2 Å². The zero-order chi connectivity index (χ0) is 16.8. The van der Waals surface area contributed by atoms with Gasteiger partial charge in [-0.05, 0) is 44.1 Å². The molecule has 4 nitrogen and oxygen atoms in total. The van der Waals surface area contributed by atoms with Crippen LogP contribution < -0.4 is 5.32 Å². The lowest BCUT2D eigenvalue weighted by Crippen LogP contribution is -2.59. The Hall–Kier alpha value is -1.65. The van der Waals surface area contributed by atoms with Crippen molar-refractivity contribution in [3.8, 4) is 0 Å². The molecule has 0 spiro atoms. The number of carbonyl (C=O) groups excluding carboxylic acids is 1. The summed E-state index contributed by atoms with van der Waals surface area (Å²) in [5.41, 5.74) is 0.0701. The summed E-state index contributed by atoms with van der Waals surface area (Å²) < 4.78 is 0. The van der Waals surface area contributed by atoms with Gasteiger partial charge >= 0.3 is 0 Å². The van der Waals surface area contributed by atoms with E-state index >= 15 is 0 Å². The molecular weight excluding hydrogens is 300 g/mol. The number of hydrogen-bond donors (Lipinski definition) is 2. The number of aryl methyl sites for hydroxylation is 1. The molecule has 4 heteroatoms. The van der Waals surface area contributed by atoms with Crippen molar-refractivity contribution in [2.45, 2.75) is 50.2 Å². The fraction of sp³-hybridized carbons (Fsp3) is 0.550. The third-order valence-electron chi connectivity index (χ3n) is 5.13. The van der Waals surface area contributed by atoms with E-state index in [4.69, 9.17) is 0 Å². The van der Waals surface area contributed by atoms with Gasteiger partial charge in [-0.3, -0.25) is 4.79 Å². The fourth-order valence-corrected chi connectivity index (χ4v) is 3.66. The monoisotopic (exact) mass is 328 g/mol. The van der Waals surface area contributed by atoms with Crippen LogP contribution in [0.5, 0.6) is 0 Å². The molecule has 1 heterocycles. The van der Waals surface area contributed by atoms with E-state index < -0.39 is 5.60 Å². The Morgan fingerprint density at radius 2 is 1.96 bits per heavy atom. The van der Waals surface area contributed by atoms with Crippen LogP contribution >= 0.6 is 0 Å². The molecule has 24 heavy (non-hydrogen) atoms. The van der Waals surface area contributed by atoms with Gasteiger partial charge in [-0.2, -0.15) is 0 Å². The maximum atomic E-state index is 12.7. The number of benzene rings is 1. The molecule has 0 aromatic heterocycles. The SMILES string of the molecule is O=C1N(CCCc2ccccc2)CCCC1(O)CNC1CC=CC1. The average Bonchev–Trinajstić information content (AvgIpc) is 3.12. The maximum absolute atomic E-state index is 12.7. The molecule has 1 saturated heterocycles. The molecule has 0 radical (unpaired) electrons. The number of likely N-dealkylation sites (tertiary alicyclic amines) is 1. The molecule has 2 aliphatic rings. The molecule has 0 bridgehead atoms. The molecule has 2 N–H and O–H groups in total. The van der Waals surface area contributed by atoms with Gasteiger partial charge in [0.05, 0.1) is 0 Å². The Morgan fingerprint density at radius 3 is 2.71 bits per heavy atom. The number of carbonyl (C=O) groups is 1. The van der Waals surface area contributed by atoms with Crippen molar-refractivity contribution in [2.75, 3.05) is 19.6 Å². The molecule has 130 valence electrons. The quantitative estimate of drug-likeness (QED) is 0.755. The van der Waals surface area contributed by atoms with Crippen molar-refractivity contribution in [1.29, 1.82) is 0 Å². The van der Waals surface area contributed by atoms with Gasteiger partial charge in [-0.1, -0.05) is 42.5 Å². The van der Waals surface area contributed by atoms with E-state index in [0.29, 0.717) is 19.0 Å². The van der Waals surface area contributed by atoms with Crippen molar-refractivity contribution >= 4 is 5.91 Å². The number of piperidine rings is 1. The van der Waals surface area contributed by atoms with Crippen molar-refractivity contribution in [3.63, 3.8) is 0 Å². The highest BCUT2D eigenvalue weighted by molar-refractivity contribution is 5.86. The fourth-order valence-electron chi connectivity index (χ4n) is 3.66. The molecule has 1 aromatic carbocycles. The maximum Gasteiger partial charge on any atom is 0.255 e. The first kappa shape index (κ1) is 17.2. The lowest BCUT2D eigenvalue weighted by Gasteiger charge is -2.39. The first-order valence-corrected chi connectivity index (χ1v) is 9.11. The van der Waals surface area contributed by atoms with E-state index in [1.165, 1.54) is 5.56 Å². The van der Waals surface area contributed by atoms with Crippen molar-refractivity contribution in [1.82, 2.24) is 10.2 Å². The number of hydrogen-bond acceptors (Lipinski definition) is 3. The van der Waals surface area contributed by atoms with Crippen LogP contribution in [0.3, 0.4) is 0 Å². The number of nitrogens with one attached hydrogen (secondary N) is 1. The number of rotatable bonds is 7. The van der Waals surface area contributed by atoms with Gasteiger partial charge in [0.2, 0.25) is 0 Å². The first-order valence-electron chi connectivity index (χ1n) is 9.11. The zero-order valence-electron chi connectivity index (χ0n) is 14.3. The number of aliphatic hydroxyl groups is 1. The predicted molar refractivity (Wildman–Crippen MR) is 95.7 cm³/mol. The second-order valence-electron chi connectivity index (χ2n) is 7.04. The van der Waals surface area contributed by atoms with Crippen LogP contribution in [0.2, 0.25) is 0 Å². The molecule has 3 rings (SSSR count). The minimum Gasteiger partial charge on any atom is -0.379 e. The Kier molecular flexibility index (Phi) is 5.69. The lowest BCUT2D eigenvalue weighted by atomic mass is 9.91. The van der Waals surface area contributed by atoms with Gasteiger partial charge in [0.25, 0.3) is 5.91 Å². The van der Waals surface area contributed by atoms with Gasteiger partial charge < -0.3 is 15.3 Å². The van der Waals surface area contributed by atoms with Crippen LogP contribution in [0.1, 0.15) is 37.7 Å². The normalized spacial score (nSPS) is 24.7. The standard InChI is InChI=1S/C20H28N2O2/c23-19-20(24,16-21-18-11-4-5-12-18)13-7-15-22(19)14-6-10-17-8-2-1-3-9-17/h1-5,8-9,18,21,24H,6-7,10-16H2. The summed E-state index contributed by atoms with van der Waals surface area (Å²) in [6, 6.07) is 10.7. The second-order valence-corrected chi connectivity index (χ2v) is 7.04. The summed E-state index contributed by atoms with van der Waals surface area (Å²) in [5.74, 6) is -0.0970. The highest BCUT2D eigenvalue weighted by atomic mass is 16.3. The van der Waals surface area contributed by atoms with E-state index in [1.807, 2.05) is 23.1 Å². The lowest BCUT2D eigenvalue weighted by molar-refractivity contribution is -0.156. The van der Waals surface area contributed by atoms with Crippen LogP contribution in [-0.2, 0) is 11.2 Å². The van der Waals surface area contributed by atoms with Gasteiger partial charge in [0.15, 0.2) is 5.60 Å². The summed E-state index contributed by atoms with van der Waals surface area (Å²) in [6.45, 7) is 1.86. The summed E-state index contributed by atoms with van der Waals surface area (Å²) in [7, 11) is 0. The number of nitrogens with zero attached hydrogens (tertiary/aromatic N) is 1. The Balaban J connectivity index is 1.48. The van der Waals surface area contributed by atoms with Gasteiger partial charge in [0, 0.05) is 25.7 Å². The molecule has 1 aliphatic heterocycles. The molecule has 1 aromatic rings. The smallest absolute Gasteiger partial charge is 0.255 e.